The summed E-state index contributed by atoms with van der Waals surface area (Å²) in [6, 6.07) is 8.70. The minimum absolute atomic E-state index is 1.02. The molecule has 62 valence electrons. The smallest absolute Gasteiger partial charge is 0.0211 e. The molecule has 1 aliphatic rings. The van der Waals surface area contributed by atoms with E-state index in [4.69, 9.17) is 0 Å². The van der Waals surface area contributed by atoms with Crippen molar-refractivity contribution in [3.63, 3.8) is 0 Å². The fourth-order valence-corrected chi connectivity index (χ4v) is 1.46. The first-order chi connectivity index (χ1) is 5.86. The Hall–Kier alpha value is -1.08. The first-order valence-electron chi connectivity index (χ1n) is 4.33. The summed E-state index contributed by atoms with van der Waals surface area (Å²) in [5.41, 5.74) is 4.10. The molecule has 0 aromatic heterocycles. The van der Waals surface area contributed by atoms with E-state index in [0.717, 1.165) is 13.1 Å². The maximum absolute atomic E-state index is 3.29. The molecule has 1 nitrogen and oxygen atoms in total. The van der Waals surface area contributed by atoms with Crippen LogP contribution in [0.3, 0.4) is 0 Å². The van der Waals surface area contributed by atoms with Crippen molar-refractivity contribution >= 4 is 5.57 Å². The highest BCUT2D eigenvalue weighted by atomic mass is 14.9. The first kappa shape index (κ1) is 7.56. The monoisotopic (exact) mass is 159 g/mol. The summed E-state index contributed by atoms with van der Waals surface area (Å²) in [6.45, 7) is 4.15. The number of aryl methyl sites for hydroxylation is 1. The van der Waals surface area contributed by atoms with Gasteiger partial charge in [-0.15, -0.1) is 0 Å². The molecule has 0 bridgehead atoms. The molecular formula is C11H13N. The molecule has 1 heterocycles. The molecule has 0 saturated carbocycles. The second kappa shape index (κ2) is 3.11. The van der Waals surface area contributed by atoms with Gasteiger partial charge in [0.2, 0.25) is 0 Å². The molecule has 0 fully saturated rings. The molecule has 1 N–H and O–H groups in total. The third-order valence-corrected chi connectivity index (χ3v) is 2.23. The fraction of sp³-hybridized carbons (Fsp3) is 0.273. The van der Waals surface area contributed by atoms with Gasteiger partial charge >= 0.3 is 0 Å². The van der Waals surface area contributed by atoms with Crippen LogP contribution in [0.4, 0.5) is 0 Å². The van der Waals surface area contributed by atoms with Gasteiger partial charge in [-0.25, -0.2) is 0 Å². The van der Waals surface area contributed by atoms with E-state index in [-0.39, 0.29) is 0 Å². The Morgan fingerprint density at radius 1 is 1.17 bits per heavy atom. The van der Waals surface area contributed by atoms with Crippen LogP contribution in [-0.2, 0) is 0 Å². The van der Waals surface area contributed by atoms with Gasteiger partial charge in [0.05, 0.1) is 0 Å². The number of hydrogen-bond donors (Lipinski definition) is 1. The third kappa shape index (κ3) is 1.41. The van der Waals surface area contributed by atoms with E-state index in [1.54, 1.807) is 0 Å². The second-order valence-electron chi connectivity index (χ2n) is 3.23. The lowest BCUT2D eigenvalue weighted by atomic mass is 10.1. The van der Waals surface area contributed by atoms with E-state index in [9.17, 15) is 0 Å². The normalized spacial score (nSPS) is 16.2. The van der Waals surface area contributed by atoms with Crippen LogP contribution in [0.1, 0.15) is 11.1 Å². The molecule has 0 amide bonds. The van der Waals surface area contributed by atoms with Crippen molar-refractivity contribution in [2.24, 2.45) is 0 Å². The zero-order valence-electron chi connectivity index (χ0n) is 7.30. The number of rotatable bonds is 1. The Kier molecular flexibility index (Phi) is 1.96. The topological polar surface area (TPSA) is 12.0 Å². The van der Waals surface area contributed by atoms with Crippen LogP contribution in [0.15, 0.2) is 30.3 Å². The lowest BCUT2D eigenvalue weighted by Gasteiger charge is -2.01. The molecule has 1 aliphatic heterocycles. The van der Waals surface area contributed by atoms with Gasteiger partial charge in [-0.1, -0.05) is 35.9 Å². The Labute approximate surface area is 73.1 Å². The Morgan fingerprint density at radius 3 is 2.50 bits per heavy atom. The Bertz CT molecular complexity index is 295. The molecule has 1 aromatic carbocycles. The van der Waals surface area contributed by atoms with Crippen LogP contribution in [0.5, 0.6) is 0 Å². The average Bonchev–Trinajstić information content (AvgIpc) is 2.58. The van der Waals surface area contributed by atoms with Crippen LogP contribution in [0.25, 0.3) is 5.57 Å². The summed E-state index contributed by atoms with van der Waals surface area (Å²) in [5.74, 6) is 0. The van der Waals surface area contributed by atoms with Crippen LogP contribution in [-0.4, -0.2) is 13.1 Å². The predicted molar refractivity (Wildman–Crippen MR) is 52.0 cm³/mol. The molecule has 2 rings (SSSR count). The van der Waals surface area contributed by atoms with Crippen LogP contribution in [0.2, 0.25) is 0 Å². The van der Waals surface area contributed by atoms with Gasteiger partial charge in [0.15, 0.2) is 0 Å². The van der Waals surface area contributed by atoms with Crippen molar-refractivity contribution in [2.45, 2.75) is 6.92 Å². The average molecular weight is 159 g/mol. The van der Waals surface area contributed by atoms with E-state index in [2.05, 4.69) is 42.6 Å². The van der Waals surface area contributed by atoms with Gasteiger partial charge in [0.25, 0.3) is 0 Å². The molecule has 0 radical (unpaired) electrons. The predicted octanol–water partition coefficient (Wildman–Crippen LogP) is 1.98. The Balaban J connectivity index is 2.28. The highest BCUT2D eigenvalue weighted by molar-refractivity contribution is 5.68. The van der Waals surface area contributed by atoms with E-state index < -0.39 is 0 Å². The van der Waals surface area contributed by atoms with Gasteiger partial charge in [-0.2, -0.15) is 0 Å². The van der Waals surface area contributed by atoms with Crippen molar-refractivity contribution in [3.8, 4) is 0 Å². The largest absolute Gasteiger partial charge is 0.309 e. The van der Waals surface area contributed by atoms with Gasteiger partial charge in [-0.05, 0) is 18.1 Å². The van der Waals surface area contributed by atoms with E-state index in [1.165, 1.54) is 16.7 Å². The van der Waals surface area contributed by atoms with Crippen LogP contribution < -0.4 is 5.32 Å². The maximum atomic E-state index is 3.29. The number of benzene rings is 1. The fourth-order valence-electron chi connectivity index (χ4n) is 1.46. The second-order valence-corrected chi connectivity index (χ2v) is 3.23. The molecule has 0 saturated heterocycles. The van der Waals surface area contributed by atoms with Gasteiger partial charge in [0, 0.05) is 13.1 Å². The van der Waals surface area contributed by atoms with Crippen molar-refractivity contribution < 1.29 is 0 Å². The number of hydrogen-bond acceptors (Lipinski definition) is 1. The van der Waals surface area contributed by atoms with Gasteiger partial charge < -0.3 is 5.32 Å². The molecule has 0 spiro atoms. The van der Waals surface area contributed by atoms with Crippen LogP contribution >= 0.6 is 0 Å². The van der Waals surface area contributed by atoms with E-state index in [0.29, 0.717) is 0 Å². The zero-order chi connectivity index (χ0) is 8.39. The molecule has 1 aromatic rings. The van der Waals surface area contributed by atoms with Gasteiger partial charge in [-0.3, -0.25) is 0 Å². The summed E-state index contributed by atoms with van der Waals surface area (Å²) in [5, 5.41) is 3.29. The summed E-state index contributed by atoms with van der Waals surface area (Å²) in [4.78, 5) is 0. The molecule has 0 atom stereocenters. The van der Waals surface area contributed by atoms with Gasteiger partial charge in [0.1, 0.15) is 0 Å². The minimum Gasteiger partial charge on any atom is -0.309 e. The lowest BCUT2D eigenvalue weighted by molar-refractivity contribution is 0.897. The molecule has 0 unspecified atom stereocenters. The third-order valence-electron chi connectivity index (χ3n) is 2.23. The molecule has 1 heteroatoms. The summed E-state index contributed by atoms with van der Waals surface area (Å²) in [7, 11) is 0. The van der Waals surface area contributed by atoms with Crippen molar-refractivity contribution in [3.05, 3.63) is 41.5 Å². The van der Waals surface area contributed by atoms with E-state index >= 15 is 0 Å². The van der Waals surface area contributed by atoms with Crippen molar-refractivity contribution in [1.82, 2.24) is 5.32 Å². The molecule has 0 aliphatic carbocycles. The van der Waals surface area contributed by atoms with E-state index in [1.807, 2.05) is 0 Å². The Morgan fingerprint density at radius 2 is 1.92 bits per heavy atom. The quantitative estimate of drug-likeness (QED) is 0.660. The summed E-state index contributed by atoms with van der Waals surface area (Å²) in [6.07, 6.45) is 2.25. The standard InChI is InChI=1S/C11H13N/c1-9-2-4-10(5-3-9)11-6-7-12-8-11/h2-6,12H,7-8H2,1H3. The SMILES string of the molecule is Cc1ccc(C2=CCNC2)cc1. The first-order valence-corrected chi connectivity index (χ1v) is 4.33. The maximum Gasteiger partial charge on any atom is 0.0211 e. The van der Waals surface area contributed by atoms with Crippen LogP contribution in [0, 0.1) is 6.92 Å². The highest BCUT2D eigenvalue weighted by Gasteiger charge is 2.04. The van der Waals surface area contributed by atoms with Crippen molar-refractivity contribution in [1.29, 1.82) is 0 Å². The van der Waals surface area contributed by atoms with Crippen molar-refractivity contribution in [2.75, 3.05) is 13.1 Å². The minimum atomic E-state index is 1.02. The lowest BCUT2D eigenvalue weighted by Crippen LogP contribution is -2.07. The summed E-state index contributed by atoms with van der Waals surface area (Å²) < 4.78 is 0. The molecular weight excluding hydrogens is 146 g/mol. The number of nitrogens with one attached hydrogen (secondary N) is 1. The molecule has 12 heavy (non-hydrogen) atoms. The highest BCUT2D eigenvalue weighted by Crippen LogP contribution is 2.16. The zero-order valence-corrected chi connectivity index (χ0v) is 7.30. The summed E-state index contributed by atoms with van der Waals surface area (Å²) >= 11 is 0.